The molecular weight excluding hydrogens is 186 g/mol. The molecule has 0 radical (unpaired) electrons. The fraction of sp³-hybridized carbons (Fsp3) is 0.333. The Morgan fingerprint density at radius 1 is 1.36 bits per heavy atom. The Kier molecular flexibility index (Phi) is 5.06. The predicted molar refractivity (Wildman–Crippen MR) is 49.8 cm³/mol. The van der Waals surface area contributed by atoms with Gasteiger partial charge in [-0.2, -0.15) is 0 Å². The van der Waals surface area contributed by atoms with Gasteiger partial charge in [0.2, 0.25) is 5.91 Å². The average molecular weight is 199 g/mol. The second kappa shape index (κ2) is 5.80. The molecule has 0 aliphatic carbocycles. The van der Waals surface area contributed by atoms with Crippen molar-refractivity contribution in [3.05, 3.63) is 24.0 Å². The first-order valence-electron chi connectivity index (χ1n) is 3.91. The lowest BCUT2D eigenvalue weighted by molar-refractivity contribution is -0.234. The number of likely N-dealkylation sites (N-methyl/N-ethyl adjacent to an activating group) is 1. The highest BCUT2D eigenvalue weighted by Crippen LogP contribution is 1.97. The Labute approximate surface area is 82.3 Å². The maximum Gasteiger partial charge on any atom is 0.381 e. The number of hydrogen-bond acceptors (Lipinski definition) is 4. The van der Waals surface area contributed by atoms with Crippen molar-refractivity contribution in [2.75, 3.05) is 7.05 Å². The lowest BCUT2D eigenvalue weighted by Gasteiger charge is -2.01. The number of nitrogens with one attached hydrogen (secondary N) is 1. The molecule has 0 saturated heterocycles. The third-order valence-corrected chi connectivity index (χ3v) is 1.28. The molecule has 14 heavy (non-hydrogen) atoms. The molecular formula is C9H13NO4. The summed E-state index contributed by atoms with van der Waals surface area (Å²) in [4.78, 5) is 30.4. The Hall–Kier alpha value is -1.78. The zero-order chi connectivity index (χ0) is 11.1. The van der Waals surface area contributed by atoms with Gasteiger partial charge in [-0.3, -0.25) is 9.68 Å². The molecule has 5 heteroatoms. The lowest BCUT2D eigenvalue weighted by Crippen LogP contribution is -2.18. The summed E-state index contributed by atoms with van der Waals surface area (Å²) in [7, 11) is 1.49. The minimum atomic E-state index is -0.675. The van der Waals surface area contributed by atoms with Crippen molar-refractivity contribution in [2.24, 2.45) is 0 Å². The van der Waals surface area contributed by atoms with Crippen molar-refractivity contribution in [1.82, 2.24) is 5.32 Å². The zero-order valence-corrected chi connectivity index (χ0v) is 8.42. The summed E-state index contributed by atoms with van der Waals surface area (Å²) in [5.74, 6) is -0.984. The van der Waals surface area contributed by atoms with Crippen LogP contribution in [0.3, 0.4) is 0 Å². The van der Waals surface area contributed by atoms with Gasteiger partial charge in [-0.05, 0) is 13.8 Å². The molecule has 0 aliphatic heterocycles. The molecule has 1 amide bonds. The molecule has 0 atom stereocenters. The fourth-order valence-corrected chi connectivity index (χ4v) is 0.462. The number of amides is 1. The SMILES string of the molecule is C=C(C)C(=O)OO/C=C(/C)C(=O)NC. The molecule has 0 aromatic carbocycles. The highest BCUT2D eigenvalue weighted by molar-refractivity contribution is 5.92. The van der Waals surface area contributed by atoms with E-state index in [4.69, 9.17) is 0 Å². The predicted octanol–water partition coefficient (Wildman–Crippen LogP) is 0.687. The zero-order valence-electron chi connectivity index (χ0n) is 8.42. The quantitative estimate of drug-likeness (QED) is 0.313. The Bertz CT molecular complexity index is 281. The fourth-order valence-electron chi connectivity index (χ4n) is 0.462. The molecule has 0 bridgehead atoms. The van der Waals surface area contributed by atoms with Gasteiger partial charge in [0.25, 0.3) is 0 Å². The summed E-state index contributed by atoms with van der Waals surface area (Å²) in [6.45, 7) is 6.36. The van der Waals surface area contributed by atoms with E-state index in [0.717, 1.165) is 6.26 Å². The standard InChI is InChI=1S/C9H13NO4/c1-6(2)9(12)14-13-5-7(3)8(11)10-4/h5H,1H2,2-4H3,(H,10,11)/b7-5-. The Balaban J connectivity index is 4.00. The van der Waals surface area contributed by atoms with E-state index in [2.05, 4.69) is 21.7 Å². The van der Waals surface area contributed by atoms with E-state index in [0.29, 0.717) is 5.57 Å². The van der Waals surface area contributed by atoms with Crippen molar-refractivity contribution in [1.29, 1.82) is 0 Å². The average Bonchev–Trinajstić information content (AvgIpc) is 2.15. The molecule has 1 N–H and O–H groups in total. The molecule has 0 rings (SSSR count). The maximum absolute atomic E-state index is 10.9. The van der Waals surface area contributed by atoms with E-state index in [1.165, 1.54) is 20.9 Å². The van der Waals surface area contributed by atoms with Gasteiger partial charge in [-0.1, -0.05) is 6.58 Å². The first-order valence-corrected chi connectivity index (χ1v) is 3.91. The number of hydrogen-bond donors (Lipinski definition) is 1. The largest absolute Gasteiger partial charge is 0.381 e. The molecule has 0 fully saturated rings. The summed E-state index contributed by atoms with van der Waals surface area (Å²) in [5, 5.41) is 2.38. The minimum absolute atomic E-state index is 0.219. The second-order valence-electron chi connectivity index (χ2n) is 2.63. The third kappa shape index (κ3) is 4.30. The van der Waals surface area contributed by atoms with Crippen molar-refractivity contribution >= 4 is 11.9 Å². The highest BCUT2D eigenvalue weighted by atomic mass is 17.2. The topological polar surface area (TPSA) is 64.6 Å². The molecule has 0 unspecified atom stereocenters. The van der Waals surface area contributed by atoms with Gasteiger partial charge in [0.05, 0.1) is 5.57 Å². The second-order valence-corrected chi connectivity index (χ2v) is 2.63. The van der Waals surface area contributed by atoms with Crippen molar-refractivity contribution in [3.8, 4) is 0 Å². The van der Waals surface area contributed by atoms with Crippen molar-refractivity contribution < 1.29 is 19.4 Å². The summed E-state index contributed by atoms with van der Waals surface area (Å²) in [5.41, 5.74) is 0.512. The van der Waals surface area contributed by atoms with E-state index >= 15 is 0 Å². The highest BCUT2D eigenvalue weighted by Gasteiger charge is 2.05. The lowest BCUT2D eigenvalue weighted by atomic mass is 10.3. The van der Waals surface area contributed by atoms with Crippen LogP contribution in [0.5, 0.6) is 0 Å². The van der Waals surface area contributed by atoms with Crippen LogP contribution < -0.4 is 5.32 Å². The van der Waals surface area contributed by atoms with Gasteiger partial charge >= 0.3 is 5.97 Å². The first kappa shape index (κ1) is 12.2. The molecule has 0 aromatic heterocycles. The summed E-state index contributed by atoms with van der Waals surface area (Å²) in [6.07, 6.45) is 1.04. The molecule has 78 valence electrons. The Morgan fingerprint density at radius 3 is 2.36 bits per heavy atom. The van der Waals surface area contributed by atoms with E-state index < -0.39 is 5.97 Å². The van der Waals surface area contributed by atoms with Crippen LogP contribution in [-0.2, 0) is 19.4 Å². The van der Waals surface area contributed by atoms with Crippen molar-refractivity contribution in [2.45, 2.75) is 13.8 Å². The molecule has 0 aliphatic rings. The molecule has 0 aromatic rings. The minimum Gasteiger partial charge on any atom is -0.355 e. The van der Waals surface area contributed by atoms with Crippen LogP contribution in [0.25, 0.3) is 0 Å². The van der Waals surface area contributed by atoms with Crippen LogP contribution >= 0.6 is 0 Å². The number of carbonyl (C=O) groups excluding carboxylic acids is 2. The van der Waals surface area contributed by atoms with E-state index in [1.807, 2.05) is 0 Å². The van der Waals surface area contributed by atoms with Crippen LogP contribution in [0.15, 0.2) is 24.0 Å². The van der Waals surface area contributed by atoms with Crippen LogP contribution in [0.2, 0.25) is 0 Å². The third-order valence-electron chi connectivity index (χ3n) is 1.28. The molecule has 0 spiro atoms. The van der Waals surface area contributed by atoms with Crippen molar-refractivity contribution in [3.63, 3.8) is 0 Å². The first-order chi connectivity index (χ1) is 6.49. The number of carbonyl (C=O) groups is 2. The van der Waals surface area contributed by atoms with Gasteiger partial charge in [0.15, 0.2) is 6.26 Å². The van der Waals surface area contributed by atoms with E-state index in [-0.39, 0.29) is 11.5 Å². The van der Waals surface area contributed by atoms with Crippen LogP contribution in [-0.4, -0.2) is 18.9 Å². The summed E-state index contributed by atoms with van der Waals surface area (Å²) < 4.78 is 0. The van der Waals surface area contributed by atoms with E-state index in [1.54, 1.807) is 0 Å². The van der Waals surface area contributed by atoms with Crippen LogP contribution in [0.1, 0.15) is 13.8 Å². The molecule has 0 saturated carbocycles. The smallest absolute Gasteiger partial charge is 0.355 e. The summed E-state index contributed by atoms with van der Waals surface area (Å²) in [6, 6.07) is 0. The maximum atomic E-state index is 10.9. The van der Waals surface area contributed by atoms with E-state index in [9.17, 15) is 9.59 Å². The van der Waals surface area contributed by atoms with Gasteiger partial charge in [-0.15, -0.1) is 0 Å². The van der Waals surface area contributed by atoms with Crippen LogP contribution in [0, 0.1) is 0 Å². The molecule has 5 nitrogen and oxygen atoms in total. The Morgan fingerprint density at radius 2 is 1.93 bits per heavy atom. The van der Waals surface area contributed by atoms with Gasteiger partial charge in [-0.25, -0.2) is 9.68 Å². The van der Waals surface area contributed by atoms with Crippen LogP contribution in [0.4, 0.5) is 0 Å². The number of rotatable bonds is 4. The normalized spacial score (nSPS) is 10.4. The van der Waals surface area contributed by atoms with Gasteiger partial charge in [0, 0.05) is 12.6 Å². The molecule has 0 heterocycles. The monoisotopic (exact) mass is 199 g/mol. The van der Waals surface area contributed by atoms with Gasteiger partial charge < -0.3 is 5.32 Å². The summed E-state index contributed by atoms with van der Waals surface area (Å²) >= 11 is 0. The van der Waals surface area contributed by atoms with Gasteiger partial charge in [0.1, 0.15) is 0 Å².